The number of hydrogen-bond acceptors (Lipinski definition) is 7. The Balaban J connectivity index is 3.56. The molecule has 0 spiro atoms. The lowest BCUT2D eigenvalue weighted by molar-refractivity contribution is -0.384. The van der Waals surface area contributed by atoms with Crippen molar-refractivity contribution in [3.63, 3.8) is 0 Å². The first-order chi connectivity index (χ1) is 8.85. The van der Waals surface area contributed by atoms with Gasteiger partial charge in [0, 0.05) is 12.7 Å². The number of hydrogen-bond donors (Lipinski definition) is 3. The third-order valence-electron chi connectivity index (χ3n) is 2.50. The summed E-state index contributed by atoms with van der Waals surface area (Å²) in [5.74, 6) is -0.587. The van der Waals surface area contributed by atoms with Gasteiger partial charge in [0.15, 0.2) is 9.84 Å². The highest BCUT2D eigenvalue weighted by Gasteiger charge is 2.27. The Morgan fingerprint density at radius 2 is 1.89 bits per heavy atom. The molecule has 106 valence electrons. The minimum absolute atomic E-state index is 0.00217. The summed E-state index contributed by atoms with van der Waals surface area (Å²) in [6, 6.07) is 2.34. The van der Waals surface area contributed by atoms with Crippen LogP contribution in [0.3, 0.4) is 0 Å². The van der Waals surface area contributed by atoms with Gasteiger partial charge in [-0.25, -0.2) is 8.42 Å². The van der Waals surface area contributed by atoms with Gasteiger partial charge >= 0.3 is 0 Å². The van der Waals surface area contributed by atoms with E-state index in [0.717, 1.165) is 6.07 Å². The van der Waals surface area contributed by atoms with Crippen molar-refractivity contribution >= 4 is 21.2 Å². The van der Waals surface area contributed by atoms with Gasteiger partial charge in [0.1, 0.15) is 10.6 Å². The molecule has 0 bridgehead atoms. The second-order valence-electron chi connectivity index (χ2n) is 3.76. The van der Waals surface area contributed by atoms with Gasteiger partial charge in [-0.2, -0.15) is 0 Å². The monoisotopic (exact) mass is 290 g/mol. The van der Waals surface area contributed by atoms with Gasteiger partial charge in [-0.3, -0.25) is 10.1 Å². The summed E-state index contributed by atoms with van der Waals surface area (Å²) in [7, 11) is -3.94. The average Bonchev–Trinajstić information content (AvgIpc) is 2.28. The molecule has 4 N–H and O–H groups in total. The molecule has 0 aromatic heterocycles. The first-order valence-electron chi connectivity index (χ1n) is 5.35. The van der Waals surface area contributed by atoms with Crippen LogP contribution < -0.4 is 5.73 Å². The van der Waals surface area contributed by atoms with E-state index in [-0.39, 0.29) is 23.5 Å². The Bertz CT molecular complexity index is 584. The molecule has 1 aromatic carbocycles. The summed E-state index contributed by atoms with van der Waals surface area (Å²) < 4.78 is 24.0. The van der Waals surface area contributed by atoms with E-state index in [1.807, 2.05) is 0 Å². The number of nitrogens with two attached hydrogens (primary N) is 1. The topological polar surface area (TPSA) is 144 Å². The van der Waals surface area contributed by atoms with Crippen molar-refractivity contribution in [2.45, 2.75) is 11.3 Å². The van der Waals surface area contributed by atoms with E-state index in [1.165, 1.54) is 6.07 Å². The summed E-state index contributed by atoms with van der Waals surface area (Å²) >= 11 is 0. The van der Waals surface area contributed by atoms with Crippen LogP contribution in [0.5, 0.6) is 0 Å². The van der Waals surface area contributed by atoms with Crippen molar-refractivity contribution in [2.24, 2.45) is 0 Å². The molecule has 0 aliphatic carbocycles. The smallest absolute Gasteiger partial charge is 0.293 e. The summed E-state index contributed by atoms with van der Waals surface area (Å²) in [5, 5.41) is 28.4. The van der Waals surface area contributed by atoms with E-state index in [9.17, 15) is 18.5 Å². The number of aliphatic hydroxyl groups excluding tert-OH is 2. The number of nitro groups is 1. The van der Waals surface area contributed by atoms with E-state index < -0.39 is 38.5 Å². The Morgan fingerprint density at radius 3 is 2.37 bits per heavy atom. The molecule has 0 radical (unpaired) electrons. The maximum atomic E-state index is 12.0. The van der Waals surface area contributed by atoms with Gasteiger partial charge < -0.3 is 15.9 Å². The number of aliphatic hydroxyl groups is 2. The molecule has 19 heavy (non-hydrogen) atoms. The van der Waals surface area contributed by atoms with Gasteiger partial charge in [-0.05, 0) is 12.0 Å². The first kappa shape index (κ1) is 15.3. The Hall–Kier alpha value is -1.71. The number of nitrogens with zero attached hydrogens (tertiary/aromatic N) is 1. The molecule has 0 saturated heterocycles. The highest BCUT2D eigenvalue weighted by Crippen LogP contribution is 2.32. The van der Waals surface area contributed by atoms with Gasteiger partial charge in [-0.15, -0.1) is 0 Å². The molecule has 8 nitrogen and oxygen atoms in total. The summed E-state index contributed by atoms with van der Waals surface area (Å²) in [5.41, 5.74) is 4.76. The maximum absolute atomic E-state index is 12.0. The molecule has 0 atom stereocenters. The Labute approximate surface area is 109 Å². The van der Waals surface area contributed by atoms with E-state index in [1.54, 1.807) is 0 Å². The van der Waals surface area contributed by atoms with Crippen LogP contribution in [0, 0.1) is 10.1 Å². The molecule has 9 heteroatoms. The molecule has 0 fully saturated rings. The van der Waals surface area contributed by atoms with Crippen LogP contribution in [0.25, 0.3) is 0 Å². The third-order valence-corrected chi connectivity index (χ3v) is 4.33. The van der Waals surface area contributed by atoms with Gasteiger partial charge in [0.25, 0.3) is 5.69 Å². The van der Waals surface area contributed by atoms with Gasteiger partial charge in [0.05, 0.1) is 17.3 Å². The lowest BCUT2D eigenvalue weighted by Crippen LogP contribution is -2.16. The molecule has 0 unspecified atom stereocenters. The molecule has 0 aliphatic rings. The molecule has 1 rings (SSSR count). The highest BCUT2D eigenvalue weighted by molar-refractivity contribution is 7.91. The van der Waals surface area contributed by atoms with E-state index >= 15 is 0 Å². The predicted octanol–water partition coefficient (Wildman–Crippen LogP) is -0.522. The Kier molecular flexibility index (Phi) is 4.81. The normalized spacial score (nSPS) is 11.5. The number of benzene rings is 1. The average molecular weight is 290 g/mol. The molecule has 0 saturated carbocycles. The number of nitro benzene ring substituents is 1. The zero-order valence-corrected chi connectivity index (χ0v) is 10.8. The van der Waals surface area contributed by atoms with Crippen LogP contribution in [-0.2, 0) is 16.3 Å². The number of sulfone groups is 1. The van der Waals surface area contributed by atoms with Crippen LogP contribution in [0.2, 0.25) is 0 Å². The summed E-state index contributed by atoms with van der Waals surface area (Å²) in [6.07, 6.45) is 0.00217. The lowest BCUT2D eigenvalue weighted by Gasteiger charge is -2.12. The van der Waals surface area contributed by atoms with E-state index in [0.29, 0.717) is 0 Å². The highest BCUT2D eigenvalue weighted by atomic mass is 32.2. The van der Waals surface area contributed by atoms with E-state index in [2.05, 4.69) is 0 Å². The van der Waals surface area contributed by atoms with Crippen molar-refractivity contribution in [3.05, 3.63) is 27.8 Å². The molecule has 0 amide bonds. The largest absolute Gasteiger partial charge is 0.396 e. The fourth-order valence-corrected chi connectivity index (χ4v) is 3.15. The first-order valence-corrected chi connectivity index (χ1v) is 7.00. The van der Waals surface area contributed by atoms with Crippen molar-refractivity contribution in [3.8, 4) is 0 Å². The summed E-state index contributed by atoms with van der Waals surface area (Å²) in [4.78, 5) is 9.59. The van der Waals surface area contributed by atoms with Crippen LogP contribution in [0.1, 0.15) is 5.56 Å². The van der Waals surface area contributed by atoms with Crippen LogP contribution in [0.4, 0.5) is 11.4 Å². The third kappa shape index (κ3) is 3.19. The molecule has 1 aromatic rings. The number of nitrogen functional groups attached to an aromatic ring is 1. The Morgan fingerprint density at radius 1 is 1.26 bits per heavy atom. The lowest BCUT2D eigenvalue weighted by atomic mass is 10.1. The van der Waals surface area contributed by atoms with Crippen molar-refractivity contribution in [2.75, 3.05) is 24.7 Å². The van der Waals surface area contributed by atoms with Crippen molar-refractivity contribution < 1.29 is 23.6 Å². The number of anilines is 1. The van der Waals surface area contributed by atoms with Crippen molar-refractivity contribution in [1.29, 1.82) is 0 Å². The predicted molar refractivity (Wildman–Crippen MR) is 67.4 cm³/mol. The maximum Gasteiger partial charge on any atom is 0.293 e. The second-order valence-corrected chi connectivity index (χ2v) is 5.81. The molecule has 0 heterocycles. The standard InChI is InChI=1S/C10H14N2O6S/c11-9-8(12(15)16)2-1-7(3-4-13)10(9)19(17,18)6-5-14/h1-2,13-14H,3-6,11H2. The fourth-order valence-electron chi connectivity index (χ4n) is 1.70. The zero-order chi connectivity index (χ0) is 14.6. The van der Waals surface area contributed by atoms with E-state index in [4.69, 9.17) is 15.9 Å². The molecular weight excluding hydrogens is 276 g/mol. The number of rotatable bonds is 6. The van der Waals surface area contributed by atoms with Crippen LogP contribution >= 0.6 is 0 Å². The van der Waals surface area contributed by atoms with Crippen LogP contribution in [-0.4, -0.2) is 42.5 Å². The fraction of sp³-hybridized carbons (Fsp3) is 0.400. The second kappa shape index (κ2) is 5.95. The SMILES string of the molecule is Nc1c([N+](=O)[O-])ccc(CCO)c1S(=O)(=O)CCO. The molecular formula is C10H14N2O6S. The van der Waals surface area contributed by atoms with Gasteiger partial charge in [0.2, 0.25) is 0 Å². The summed E-state index contributed by atoms with van der Waals surface area (Å²) in [6.45, 7) is -0.943. The quantitative estimate of drug-likeness (QED) is 0.363. The molecule has 0 aliphatic heterocycles. The van der Waals surface area contributed by atoms with Crippen molar-refractivity contribution in [1.82, 2.24) is 0 Å². The van der Waals surface area contributed by atoms with Gasteiger partial charge in [-0.1, -0.05) is 6.07 Å². The minimum Gasteiger partial charge on any atom is -0.396 e. The minimum atomic E-state index is -3.94. The van der Waals surface area contributed by atoms with Crippen LogP contribution in [0.15, 0.2) is 17.0 Å². The zero-order valence-electron chi connectivity index (χ0n) is 9.94.